The second kappa shape index (κ2) is 8.51. The number of benzene rings is 1. The Morgan fingerprint density at radius 2 is 2.10 bits per heavy atom. The topological polar surface area (TPSA) is 50.1 Å². The van der Waals surface area contributed by atoms with Gasteiger partial charge in [-0.1, -0.05) is 37.3 Å². The quantitative estimate of drug-likeness (QED) is 0.569. The molecule has 1 aromatic carbocycles. The Labute approximate surface area is 127 Å². The van der Waals surface area contributed by atoms with Gasteiger partial charge in [0.05, 0.1) is 0 Å². The van der Waals surface area contributed by atoms with Crippen molar-refractivity contribution in [2.45, 2.75) is 33.2 Å². The summed E-state index contributed by atoms with van der Waals surface area (Å²) in [7, 11) is 0. The van der Waals surface area contributed by atoms with E-state index in [0.29, 0.717) is 5.11 Å². The van der Waals surface area contributed by atoms with Crippen molar-refractivity contribution in [2.24, 2.45) is 5.73 Å². The molecule has 0 radical (unpaired) electrons. The molecular formula is C16H23N3S. The second-order valence-electron chi connectivity index (χ2n) is 4.52. The predicted octanol–water partition coefficient (Wildman–Crippen LogP) is 3.86. The van der Waals surface area contributed by atoms with E-state index in [4.69, 9.17) is 18.0 Å². The van der Waals surface area contributed by atoms with Crippen molar-refractivity contribution in [3.8, 4) is 0 Å². The number of thiocarbonyl (C=S) groups is 1. The van der Waals surface area contributed by atoms with Crippen LogP contribution in [-0.4, -0.2) is 5.11 Å². The maximum absolute atomic E-state index is 5.96. The van der Waals surface area contributed by atoms with Gasteiger partial charge in [-0.3, -0.25) is 0 Å². The van der Waals surface area contributed by atoms with Gasteiger partial charge in [0.15, 0.2) is 5.11 Å². The number of nitrogens with two attached hydrogens (primary N) is 1. The summed E-state index contributed by atoms with van der Waals surface area (Å²) in [4.78, 5) is 0. The zero-order valence-corrected chi connectivity index (χ0v) is 13.1. The number of para-hydroxylation sites is 1. The first-order chi connectivity index (χ1) is 9.58. The molecule has 0 saturated heterocycles. The molecule has 0 bridgehead atoms. The first-order valence-corrected chi connectivity index (χ1v) is 7.24. The third-order valence-corrected chi connectivity index (χ3v) is 2.93. The fraction of sp³-hybridized carbons (Fsp3) is 0.312. The molecule has 3 nitrogen and oxygen atoms in total. The summed E-state index contributed by atoms with van der Waals surface area (Å²) in [5, 5.41) is 6.96. The maximum atomic E-state index is 5.96. The first-order valence-electron chi connectivity index (χ1n) is 6.83. The average Bonchev–Trinajstić information content (AvgIpc) is 2.39. The highest BCUT2D eigenvalue weighted by Crippen LogP contribution is 2.20. The van der Waals surface area contributed by atoms with Gasteiger partial charge in [-0.15, -0.1) is 0 Å². The number of rotatable bonds is 5. The van der Waals surface area contributed by atoms with Crippen molar-refractivity contribution in [1.29, 1.82) is 0 Å². The molecule has 0 heterocycles. The zero-order chi connectivity index (χ0) is 15.0. The molecule has 4 N–H and O–H groups in total. The van der Waals surface area contributed by atoms with Gasteiger partial charge in [0, 0.05) is 17.4 Å². The smallest absolute Gasteiger partial charge is 0.175 e. The van der Waals surface area contributed by atoms with Crippen LogP contribution in [-0.2, 0) is 0 Å². The molecule has 4 heteroatoms. The van der Waals surface area contributed by atoms with Crippen LogP contribution >= 0.6 is 12.2 Å². The highest BCUT2D eigenvalue weighted by atomic mass is 32.1. The normalized spacial score (nSPS) is 13.3. The van der Waals surface area contributed by atoms with Crippen molar-refractivity contribution >= 4 is 23.0 Å². The Kier molecular flexibility index (Phi) is 6.98. The van der Waals surface area contributed by atoms with Crippen LogP contribution in [0.25, 0.3) is 0 Å². The average molecular weight is 289 g/mol. The van der Waals surface area contributed by atoms with Crippen LogP contribution < -0.4 is 16.4 Å². The molecule has 1 rings (SSSR count). The summed E-state index contributed by atoms with van der Waals surface area (Å²) >= 11 is 5.35. The van der Waals surface area contributed by atoms with Crippen molar-refractivity contribution in [2.75, 3.05) is 5.32 Å². The Morgan fingerprint density at radius 3 is 2.70 bits per heavy atom. The SMILES string of the molecule is C/C=C\C(=C/CC)NC(=S)Nc1ccccc1C(C)N. The summed E-state index contributed by atoms with van der Waals surface area (Å²) in [5.74, 6) is 0. The number of hydrogen-bond donors (Lipinski definition) is 3. The summed E-state index contributed by atoms with van der Waals surface area (Å²) < 4.78 is 0. The minimum atomic E-state index is -0.0392. The van der Waals surface area contributed by atoms with Gasteiger partial charge in [-0.05, 0) is 50.2 Å². The van der Waals surface area contributed by atoms with E-state index in [0.717, 1.165) is 23.4 Å². The molecule has 0 saturated carbocycles. The van der Waals surface area contributed by atoms with E-state index in [9.17, 15) is 0 Å². The van der Waals surface area contributed by atoms with Crippen molar-refractivity contribution in [3.05, 3.63) is 53.8 Å². The zero-order valence-electron chi connectivity index (χ0n) is 12.3. The van der Waals surface area contributed by atoms with E-state index in [1.165, 1.54) is 0 Å². The Morgan fingerprint density at radius 1 is 1.40 bits per heavy atom. The Hall–Kier alpha value is -1.65. The molecule has 0 aromatic heterocycles. The van der Waals surface area contributed by atoms with Crippen LogP contribution in [0.1, 0.15) is 38.8 Å². The molecule has 0 spiro atoms. The lowest BCUT2D eigenvalue weighted by atomic mass is 10.1. The van der Waals surface area contributed by atoms with Gasteiger partial charge in [-0.2, -0.15) is 0 Å². The number of allylic oxidation sites excluding steroid dienone is 3. The van der Waals surface area contributed by atoms with Crippen LogP contribution in [0, 0.1) is 0 Å². The summed E-state index contributed by atoms with van der Waals surface area (Å²) in [6, 6.07) is 7.88. The number of nitrogens with one attached hydrogen (secondary N) is 2. The van der Waals surface area contributed by atoms with Gasteiger partial charge in [0.1, 0.15) is 0 Å². The lowest BCUT2D eigenvalue weighted by Gasteiger charge is -2.16. The van der Waals surface area contributed by atoms with Gasteiger partial charge < -0.3 is 16.4 Å². The van der Waals surface area contributed by atoms with E-state index in [1.807, 2.05) is 50.3 Å². The van der Waals surface area contributed by atoms with Crippen molar-refractivity contribution in [1.82, 2.24) is 5.32 Å². The lowest BCUT2D eigenvalue weighted by Crippen LogP contribution is -2.28. The molecular weight excluding hydrogens is 266 g/mol. The first kappa shape index (κ1) is 16.4. The second-order valence-corrected chi connectivity index (χ2v) is 4.93. The third-order valence-electron chi connectivity index (χ3n) is 2.73. The number of hydrogen-bond acceptors (Lipinski definition) is 2. The fourth-order valence-corrected chi connectivity index (χ4v) is 2.08. The molecule has 0 fully saturated rings. The number of anilines is 1. The summed E-state index contributed by atoms with van der Waals surface area (Å²) in [5.41, 5.74) is 8.94. The summed E-state index contributed by atoms with van der Waals surface area (Å²) in [6.45, 7) is 6.03. The summed E-state index contributed by atoms with van der Waals surface area (Å²) in [6.07, 6.45) is 7.01. The third kappa shape index (κ3) is 5.15. The lowest BCUT2D eigenvalue weighted by molar-refractivity contribution is 0.821. The highest BCUT2D eigenvalue weighted by Gasteiger charge is 2.07. The van der Waals surface area contributed by atoms with Crippen LogP contribution in [0.4, 0.5) is 5.69 Å². The molecule has 0 aliphatic rings. The Balaban J connectivity index is 2.78. The van der Waals surface area contributed by atoms with Crippen LogP contribution in [0.15, 0.2) is 48.2 Å². The molecule has 0 amide bonds. The largest absolute Gasteiger partial charge is 0.333 e. The molecule has 1 unspecified atom stereocenters. The van der Waals surface area contributed by atoms with Crippen molar-refractivity contribution in [3.63, 3.8) is 0 Å². The predicted molar refractivity (Wildman–Crippen MR) is 91.6 cm³/mol. The van der Waals surface area contributed by atoms with Gasteiger partial charge in [0.2, 0.25) is 0 Å². The van der Waals surface area contributed by atoms with Crippen LogP contribution in [0.3, 0.4) is 0 Å². The van der Waals surface area contributed by atoms with E-state index in [2.05, 4.69) is 23.6 Å². The van der Waals surface area contributed by atoms with Crippen molar-refractivity contribution < 1.29 is 0 Å². The van der Waals surface area contributed by atoms with E-state index in [-0.39, 0.29) is 6.04 Å². The monoisotopic (exact) mass is 289 g/mol. The van der Waals surface area contributed by atoms with E-state index >= 15 is 0 Å². The minimum Gasteiger partial charge on any atom is -0.333 e. The highest BCUT2D eigenvalue weighted by molar-refractivity contribution is 7.80. The standard InChI is InChI=1S/C16H23N3S/c1-4-8-13(9-5-2)18-16(20)19-15-11-7-6-10-14(15)12(3)17/h4,6-12H,5,17H2,1-3H3,(H2,18,19,20)/b8-4-,13-9+. The van der Waals surface area contributed by atoms with Crippen LogP contribution in [0.2, 0.25) is 0 Å². The Bertz CT molecular complexity index is 504. The van der Waals surface area contributed by atoms with Gasteiger partial charge in [-0.25, -0.2) is 0 Å². The van der Waals surface area contributed by atoms with Gasteiger partial charge >= 0.3 is 0 Å². The minimum absolute atomic E-state index is 0.0392. The molecule has 1 atom stereocenters. The van der Waals surface area contributed by atoms with Crippen LogP contribution in [0.5, 0.6) is 0 Å². The molecule has 20 heavy (non-hydrogen) atoms. The molecule has 1 aromatic rings. The van der Waals surface area contributed by atoms with E-state index in [1.54, 1.807) is 0 Å². The van der Waals surface area contributed by atoms with Gasteiger partial charge in [0.25, 0.3) is 0 Å². The maximum Gasteiger partial charge on any atom is 0.175 e. The fourth-order valence-electron chi connectivity index (χ4n) is 1.85. The molecule has 0 aliphatic carbocycles. The van der Waals surface area contributed by atoms with E-state index < -0.39 is 0 Å². The molecule has 108 valence electrons. The molecule has 0 aliphatic heterocycles.